The predicted molar refractivity (Wildman–Crippen MR) is 76.2 cm³/mol. The van der Waals surface area contributed by atoms with Gasteiger partial charge in [-0.3, -0.25) is 9.59 Å². The van der Waals surface area contributed by atoms with Crippen molar-refractivity contribution in [2.24, 2.45) is 5.73 Å². The third-order valence-electron chi connectivity index (χ3n) is 2.69. The number of hydrogen-bond acceptors (Lipinski definition) is 5. The molecule has 0 heterocycles. The molecular weight excluding hydrogens is 262 g/mol. The van der Waals surface area contributed by atoms with E-state index in [-0.39, 0.29) is 18.2 Å². The maximum absolute atomic E-state index is 11.6. The van der Waals surface area contributed by atoms with Gasteiger partial charge in [0, 0.05) is 46.9 Å². The second-order valence-corrected chi connectivity index (χ2v) is 4.48. The molecule has 0 aromatic heterocycles. The van der Waals surface area contributed by atoms with Crippen LogP contribution in [-0.4, -0.2) is 58.4 Å². The first-order valence-electron chi connectivity index (χ1n) is 6.89. The van der Waals surface area contributed by atoms with Crippen LogP contribution in [0.15, 0.2) is 0 Å². The molecule has 20 heavy (non-hydrogen) atoms. The minimum absolute atomic E-state index is 0.0938. The lowest BCUT2D eigenvalue weighted by atomic mass is 10.1. The van der Waals surface area contributed by atoms with Crippen LogP contribution >= 0.6 is 0 Å². The molecule has 0 aliphatic carbocycles. The van der Waals surface area contributed by atoms with Crippen LogP contribution in [0.3, 0.4) is 0 Å². The maximum Gasteiger partial charge on any atom is 0.236 e. The molecule has 0 bridgehead atoms. The van der Waals surface area contributed by atoms with Crippen LogP contribution in [-0.2, 0) is 19.1 Å². The SMILES string of the molecule is COCCCNC(=O)CCC(N)C(=O)NCCCOC. The zero-order valence-corrected chi connectivity index (χ0v) is 12.4. The average Bonchev–Trinajstić information content (AvgIpc) is 2.45. The highest BCUT2D eigenvalue weighted by Gasteiger charge is 2.14. The molecule has 1 atom stereocenters. The molecular formula is C13H27N3O4. The Labute approximate surface area is 120 Å². The Balaban J connectivity index is 3.61. The molecule has 2 amide bonds. The van der Waals surface area contributed by atoms with E-state index >= 15 is 0 Å². The van der Waals surface area contributed by atoms with Gasteiger partial charge in [-0.05, 0) is 19.3 Å². The first-order valence-corrected chi connectivity index (χ1v) is 6.89. The lowest BCUT2D eigenvalue weighted by molar-refractivity contribution is -0.123. The van der Waals surface area contributed by atoms with E-state index in [4.69, 9.17) is 15.2 Å². The molecule has 4 N–H and O–H groups in total. The number of nitrogens with two attached hydrogens (primary N) is 1. The number of ether oxygens (including phenoxy) is 2. The zero-order chi connectivity index (χ0) is 15.2. The van der Waals surface area contributed by atoms with Crippen LogP contribution in [0.1, 0.15) is 25.7 Å². The van der Waals surface area contributed by atoms with Gasteiger partial charge in [0.1, 0.15) is 0 Å². The monoisotopic (exact) mass is 289 g/mol. The van der Waals surface area contributed by atoms with E-state index in [9.17, 15) is 9.59 Å². The highest BCUT2D eigenvalue weighted by Crippen LogP contribution is 1.95. The Hall–Kier alpha value is -1.18. The van der Waals surface area contributed by atoms with Gasteiger partial charge in [-0.2, -0.15) is 0 Å². The summed E-state index contributed by atoms with van der Waals surface area (Å²) in [5, 5.41) is 5.46. The third-order valence-corrected chi connectivity index (χ3v) is 2.69. The van der Waals surface area contributed by atoms with Gasteiger partial charge < -0.3 is 25.8 Å². The Morgan fingerprint density at radius 1 is 1.05 bits per heavy atom. The number of carbonyl (C=O) groups excluding carboxylic acids is 2. The van der Waals surface area contributed by atoms with Gasteiger partial charge in [0.05, 0.1) is 6.04 Å². The standard InChI is InChI=1S/C13H27N3O4/c1-19-9-3-7-15-12(17)6-5-11(14)13(18)16-8-4-10-20-2/h11H,3-10,14H2,1-2H3,(H,15,17)(H,16,18). The molecule has 0 spiro atoms. The number of carbonyl (C=O) groups is 2. The van der Waals surface area contributed by atoms with Crippen LogP contribution in [0, 0.1) is 0 Å². The Morgan fingerprint density at radius 2 is 1.60 bits per heavy atom. The van der Waals surface area contributed by atoms with Gasteiger partial charge in [-0.1, -0.05) is 0 Å². The summed E-state index contributed by atoms with van der Waals surface area (Å²) < 4.78 is 9.75. The molecule has 0 rings (SSSR count). The summed E-state index contributed by atoms with van der Waals surface area (Å²) in [6.45, 7) is 2.32. The van der Waals surface area contributed by atoms with Crippen molar-refractivity contribution in [1.29, 1.82) is 0 Å². The first kappa shape index (κ1) is 18.8. The number of nitrogens with one attached hydrogen (secondary N) is 2. The van der Waals surface area contributed by atoms with Crippen LogP contribution in [0.5, 0.6) is 0 Å². The van der Waals surface area contributed by atoms with E-state index in [1.807, 2.05) is 0 Å². The highest BCUT2D eigenvalue weighted by molar-refractivity contribution is 5.82. The smallest absolute Gasteiger partial charge is 0.236 e. The second-order valence-electron chi connectivity index (χ2n) is 4.48. The summed E-state index contributed by atoms with van der Waals surface area (Å²) >= 11 is 0. The normalized spacial score (nSPS) is 11.9. The van der Waals surface area contributed by atoms with Crippen molar-refractivity contribution in [3.8, 4) is 0 Å². The summed E-state index contributed by atoms with van der Waals surface area (Å²) in [6, 6.07) is -0.651. The fourth-order valence-corrected chi connectivity index (χ4v) is 1.51. The molecule has 0 fully saturated rings. The molecule has 0 aromatic carbocycles. The summed E-state index contributed by atoms with van der Waals surface area (Å²) in [4.78, 5) is 23.1. The molecule has 7 nitrogen and oxygen atoms in total. The topological polar surface area (TPSA) is 103 Å². The van der Waals surface area contributed by atoms with Crippen molar-refractivity contribution < 1.29 is 19.1 Å². The molecule has 118 valence electrons. The Bertz CT molecular complexity index is 274. The molecule has 0 aromatic rings. The van der Waals surface area contributed by atoms with Crippen molar-refractivity contribution >= 4 is 11.8 Å². The Kier molecular flexibility index (Phi) is 12.1. The molecule has 0 aliphatic rings. The van der Waals surface area contributed by atoms with Crippen molar-refractivity contribution in [1.82, 2.24) is 10.6 Å². The van der Waals surface area contributed by atoms with Crippen LogP contribution in [0.4, 0.5) is 0 Å². The van der Waals surface area contributed by atoms with E-state index in [0.717, 1.165) is 12.8 Å². The first-order chi connectivity index (χ1) is 9.61. The number of methoxy groups -OCH3 is 2. The van der Waals surface area contributed by atoms with Crippen molar-refractivity contribution in [3.63, 3.8) is 0 Å². The largest absolute Gasteiger partial charge is 0.385 e. The van der Waals surface area contributed by atoms with E-state index in [0.29, 0.717) is 32.7 Å². The maximum atomic E-state index is 11.6. The lowest BCUT2D eigenvalue weighted by Crippen LogP contribution is -2.42. The third kappa shape index (κ3) is 10.7. The van der Waals surface area contributed by atoms with Crippen LogP contribution < -0.4 is 16.4 Å². The van der Waals surface area contributed by atoms with Gasteiger partial charge in [-0.25, -0.2) is 0 Å². The van der Waals surface area contributed by atoms with E-state index in [1.54, 1.807) is 14.2 Å². The lowest BCUT2D eigenvalue weighted by Gasteiger charge is -2.12. The Morgan fingerprint density at radius 3 is 2.15 bits per heavy atom. The number of hydrogen-bond donors (Lipinski definition) is 3. The molecule has 1 unspecified atom stereocenters. The molecule has 0 saturated heterocycles. The molecule has 7 heteroatoms. The number of rotatable bonds is 12. The molecule has 0 radical (unpaired) electrons. The van der Waals surface area contributed by atoms with Gasteiger partial charge >= 0.3 is 0 Å². The summed E-state index contributed by atoms with van der Waals surface area (Å²) in [7, 11) is 3.23. The minimum atomic E-state index is -0.651. The molecule has 0 aliphatic heterocycles. The van der Waals surface area contributed by atoms with Crippen molar-refractivity contribution in [3.05, 3.63) is 0 Å². The predicted octanol–water partition coefficient (Wildman–Crippen LogP) is -0.601. The van der Waals surface area contributed by atoms with Crippen molar-refractivity contribution in [2.75, 3.05) is 40.5 Å². The number of amides is 2. The summed E-state index contributed by atoms with van der Waals surface area (Å²) in [5.41, 5.74) is 5.71. The van der Waals surface area contributed by atoms with E-state index < -0.39 is 6.04 Å². The average molecular weight is 289 g/mol. The molecule has 0 saturated carbocycles. The van der Waals surface area contributed by atoms with E-state index in [2.05, 4.69) is 10.6 Å². The fraction of sp³-hybridized carbons (Fsp3) is 0.846. The van der Waals surface area contributed by atoms with Crippen LogP contribution in [0.2, 0.25) is 0 Å². The van der Waals surface area contributed by atoms with Crippen molar-refractivity contribution in [2.45, 2.75) is 31.7 Å². The highest BCUT2D eigenvalue weighted by atomic mass is 16.5. The quantitative estimate of drug-likeness (QED) is 0.416. The van der Waals surface area contributed by atoms with Gasteiger partial charge in [0.2, 0.25) is 11.8 Å². The zero-order valence-electron chi connectivity index (χ0n) is 12.4. The minimum Gasteiger partial charge on any atom is -0.385 e. The van der Waals surface area contributed by atoms with Gasteiger partial charge in [-0.15, -0.1) is 0 Å². The van der Waals surface area contributed by atoms with Gasteiger partial charge in [0.15, 0.2) is 0 Å². The fourth-order valence-electron chi connectivity index (χ4n) is 1.51. The summed E-state index contributed by atoms with van der Waals surface area (Å²) in [6.07, 6.45) is 2.11. The second kappa shape index (κ2) is 12.8. The van der Waals surface area contributed by atoms with Gasteiger partial charge in [0.25, 0.3) is 0 Å². The van der Waals surface area contributed by atoms with Crippen LogP contribution in [0.25, 0.3) is 0 Å². The summed E-state index contributed by atoms with van der Waals surface area (Å²) in [5.74, 6) is -0.322. The van der Waals surface area contributed by atoms with E-state index in [1.165, 1.54) is 0 Å².